The van der Waals surface area contributed by atoms with Crippen molar-refractivity contribution in [3.8, 4) is 6.07 Å². The van der Waals surface area contributed by atoms with E-state index in [-0.39, 0.29) is 12.0 Å². The van der Waals surface area contributed by atoms with Crippen molar-refractivity contribution in [2.45, 2.75) is 31.7 Å². The Hall–Kier alpha value is -2.60. The fraction of sp³-hybridized carbons (Fsp3) is 0.400. The minimum Gasteiger partial charge on any atom is -0.480 e. The quantitative estimate of drug-likeness (QED) is 0.729. The van der Waals surface area contributed by atoms with Crippen LogP contribution in [0.3, 0.4) is 0 Å². The number of aliphatic hydroxyl groups excluding tert-OH is 1. The van der Waals surface area contributed by atoms with Crippen molar-refractivity contribution in [1.82, 2.24) is 5.32 Å². The molecule has 0 saturated carbocycles. The molecule has 130 valence electrons. The first-order valence-corrected chi connectivity index (χ1v) is 6.84. The fourth-order valence-corrected chi connectivity index (χ4v) is 1.88. The number of nitrogens with one attached hydrogen (secondary N) is 1. The smallest absolute Gasteiger partial charge is 0.416 e. The number of carbonyl (C=O) groups is 2. The van der Waals surface area contributed by atoms with E-state index in [0.717, 1.165) is 12.1 Å². The van der Waals surface area contributed by atoms with Crippen molar-refractivity contribution < 1.29 is 33.0 Å². The summed E-state index contributed by atoms with van der Waals surface area (Å²) in [5, 5.41) is 29.6. The minimum absolute atomic E-state index is 0.113. The van der Waals surface area contributed by atoms with Crippen molar-refractivity contribution in [3.05, 3.63) is 35.4 Å². The zero-order valence-corrected chi connectivity index (χ0v) is 12.5. The second kappa shape index (κ2) is 7.79. The van der Waals surface area contributed by atoms with Gasteiger partial charge in [0.1, 0.15) is 6.04 Å². The van der Waals surface area contributed by atoms with Gasteiger partial charge < -0.3 is 15.5 Å². The summed E-state index contributed by atoms with van der Waals surface area (Å²) in [6.45, 7) is 1.47. The molecule has 0 aliphatic carbocycles. The fourth-order valence-electron chi connectivity index (χ4n) is 1.88. The number of alkyl halides is 3. The van der Waals surface area contributed by atoms with Crippen LogP contribution in [0.2, 0.25) is 0 Å². The summed E-state index contributed by atoms with van der Waals surface area (Å²) in [5.74, 6) is -3.10. The molecule has 0 bridgehead atoms. The lowest BCUT2D eigenvalue weighted by Gasteiger charge is -2.18. The number of aliphatic hydroxyl groups is 1. The van der Waals surface area contributed by atoms with E-state index in [1.807, 2.05) is 6.07 Å². The molecule has 1 rings (SSSR count). The maximum absolute atomic E-state index is 12.5. The number of hydrogen-bond acceptors (Lipinski definition) is 4. The molecule has 0 radical (unpaired) electrons. The Morgan fingerprint density at radius 1 is 1.29 bits per heavy atom. The van der Waals surface area contributed by atoms with Crippen LogP contribution in [0, 0.1) is 17.2 Å². The number of hydrogen-bond donors (Lipinski definition) is 3. The molecule has 9 heteroatoms. The summed E-state index contributed by atoms with van der Waals surface area (Å²) in [6.07, 6.45) is -6.54. The molecule has 0 spiro atoms. The van der Waals surface area contributed by atoms with Crippen LogP contribution in [0.4, 0.5) is 13.2 Å². The van der Waals surface area contributed by atoms with Crippen LogP contribution < -0.4 is 5.32 Å². The minimum atomic E-state index is -4.55. The number of benzene rings is 1. The lowest BCUT2D eigenvalue weighted by atomic mass is 10.0. The molecular weight excluding hydrogens is 329 g/mol. The molecule has 3 atom stereocenters. The van der Waals surface area contributed by atoms with Crippen LogP contribution in [0.15, 0.2) is 24.3 Å². The maximum atomic E-state index is 12.5. The third-order valence-corrected chi connectivity index (χ3v) is 3.23. The third-order valence-electron chi connectivity index (χ3n) is 3.23. The van der Waals surface area contributed by atoms with Crippen LogP contribution in [0.1, 0.15) is 30.6 Å². The van der Waals surface area contributed by atoms with E-state index >= 15 is 0 Å². The summed E-state index contributed by atoms with van der Waals surface area (Å²) >= 11 is 0. The van der Waals surface area contributed by atoms with Gasteiger partial charge in [0, 0.05) is 5.92 Å². The summed E-state index contributed by atoms with van der Waals surface area (Å²) in [6, 6.07) is 3.70. The first kappa shape index (κ1) is 19.4. The number of carbonyl (C=O) groups excluding carboxylic acids is 1. The van der Waals surface area contributed by atoms with Crippen LogP contribution >= 0.6 is 0 Å². The van der Waals surface area contributed by atoms with Crippen LogP contribution in [0.25, 0.3) is 0 Å². The number of nitrogens with zero attached hydrogens (tertiary/aromatic N) is 1. The van der Waals surface area contributed by atoms with Crippen molar-refractivity contribution in [2.24, 2.45) is 5.92 Å². The first-order valence-electron chi connectivity index (χ1n) is 6.84. The number of carboxylic acid groups (broad SMARTS) is 1. The molecule has 1 aromatic rings. The largest absolute Gasteiger partial charge is 0.480 e. The van der Waals surface area contributed by atoms with E-state index in [4.69, 9.17) is 10.4 Å². The normalized spacial score (nSPS) is 15.0. The Morgan fingerprint density at radius 3 is 2.25 bits per heavy atom. The molecule has 0 aromatic heterocycles. The second-order valence-electron chi connectivity index (χ2n) is 5.19. The number of carboxylic acids is 1. The van der Waals surface area contributed by atoms with Gasteiger partial charge in [-0.25, -0.2) is 4.79 Å². The van der Waals surface area contributed by atoms with Crippen LogP contribution in [-0.2, 0) is 15.8 Å². The zero-order chi connectivity index (χ0) is 18.5. The monoisotopic (exact) mass is 344 g/mol. The average molecular weight is 344 g/mol. The molecule has 1 aromatic carbocycles. The topological polar surface area (TPSA) is 110 Å². The maximum Gasteiger partial charge on any atom is 0.416 e. The summed E-state index contributed by atoms with van der Waals surface area (Å²) < 4.78 is 37.4. The molecule has 0 unspecified atom stereocenters. The lowest BCUT2D eigenvalue weighted by Crippen LogP contribution is -2.43. The Labute approximate surface area is 135 Å². The van der Waals surface area contributed by atoms with Crippen LogP contribution in [-0.4, -0.2) is 28.1 Å². The number of rotatable bonds is 6. The molecule has 24 heavy (non-hydrogen) atoms. The van der Waals surface area contributed by atoms with Crippen molar-refractivity contribution in [2.75, 3.05) is 0 Å². The summed E-state index contributed by atoms with van der Waals surface area (Å²) in [7, 11) is 0. The molecular formula is C15H15F3N2O4. The van der Waals surface area contributed by atoms with Gasteiger partial charge in [-0.1, -0.05) is 12.1 Å². The van der Waals surface area contributed by atoms with Gasteiger partial charge in [0.05, 0.1) is 11.6 Å². The molecule has 0 fully saturated rings. The van der Waals surface area contributed by atoms with Crippen molar-refractivity contribution in [3.63, 3.8) is 0 Å². The number of amides is 1. The number of halogens is 3. The molecule has 0 heterocycles. The van der Waals surface area contributed by atoms with Crippen molar-refractivity contribution >= 4 is 11.9 Å². The summed E-state index contributed by atoms with van der Waals surface area (Å²) in [4.78, 5) is 23.0. The Morgan fingerprint density at radius 2 is 1.83 bits per heavy atom. The highest BCUT2D eigenvalue weighted by molar-refractivity contribution is 5.87. The highest BCUT2D eigenvalue weighted by Crippen LogP contribution is 2.30. The number of nitriles is 1. The van der Waals surface area contributed by atoms with E-state index in [0.29, 0.717) is 12.1 Å². The van der Waals surface area contributed by atoms with Gasteiger partial charge in [-0.05, 0) is 31.0 Å². The molecule has 1 amide bonds. The van der Waals surface area contributed by atoms with Crippen LogP contribution in [0.5, 0.6) is 0 Å². The van der Waals surface area contributed by atoms with Gasteiger partial charge in [0.15, 0.2) is 6.10 Å². The van der Waals surface area contributed by atoms with Crippen molar-refractivity contribution in [1.29, 1.82) is 5.26 Å². The highest BCUT2D eigenvalue weighted by atomic mass is 19.4. The predicted octanol–water partition coefficient (Wildman–Crippen LogP) is 1.86. The Balaban J connectivity index is 2.83. The molecule has 0 aliphatic rings. The Kier molecular flexibility index (Phi) is 6.31. The van der Waals surface area contributed by atoms with E-state index in [2.05, 4.69) is 5.32 Å². The SMILES string of the molecule is C[C@@H](C#N)C[C@@H](NC(=O)[C@H](O)c1ccc(C(F)(F)F)cc1)C(=O)O. The van der Waals surface area contributed by atoms with Gasteiger partial charge in [0.2, 0.25) is 0 Å². The summed E-state index contributed by atoms with van der Waals surface area (Å²) in [5.41, 5.74) is -1.05. The Bertz CT molecular complexity index is 638. The standard InChI is InChI=1S/C15H15F3N2O4/c1-8(7-19)6-11(14(23)24)20-13(22)12(21)9-2-4-10(5-3-9)15(16,17)18/h2-5,8,11-12,21H,6H2,1H3,(H,20,22)(H,23,24)/t8-,11-,12-/m1/s1. The predicted molar refractivity (Wildman–Crippen MR) is 75.4 cm³/mol. The second-order valence-corrected chi connectivity index (χ2v) is 5.19. The lowest BCUT2D eigenvalue weighted by molar-refractivity contribution is -0.144. The zero-order valence-electron chi connectivity index (χ0n) is 12.5. The third kappa shape index (κ3) is 5.24. The molecule has 6 nitrogen and oxygen atoms in total. The molecule has 3 N–H and O–H groups in total. The number of aliphatic carboxylic acids is 1. The van der Waals surface area contributed by atoms with E-state index in [1.54, 1.807) is 0 Å². The average Bonchev–Trinajstić information content (AvgIpc) is 2.52. The van der Waals surface area contributed by atoms with Gasteiger partial charge in [-0.2, -0.15) is 18.4 Å². The van der Waals surface area contributed by atoms with E-state index in [9.17, 15) is 27.9 Å². The highest BCUT2D eigenvalue weighted by Gasteiger charge is 2.31. The molecule has 0 saturated heterocycles. The van der Waals surface area contributed by atoms with E-state index < -0.39 is 41.7 Å². The van der Waals surface area contributed by atoms with E-state index in [1.165, 1.54) is 6.92 Å². The van der Waals surface area contributed by atoms with Gasteiger partial charge in [-0.15, -0.1) is 0 Å². The molecule has 0 aliphatic heterocycles. The first-order chi connectivity index (χ1) is 11.1. The van der Waals surface area contributed by atoms with Gasteiger partial charge in [0.25, 0.3) is 5.91 Å². The van der Waals surface area contributed by atoms with Gasteiger partial charge in [-0.3, -0.25) is 4.79 Å². The van der Waals surface area contributed by atoms with Gasteiger partial charge >= 0.3 is 12.1 Å².